The van der Waals surface area contributed by atoms with Gasteiger partial charge in [-0.05, 0) is 75.9 Å². The summed E-state index contributed by atoms with van der Waals surface area (Å²) in [5.41, 5.74) is 4.64. The lowest BCUT2D eigenvalue weighted by molar-refractivity contribution is 0.517. The van der Waals surface area contributed by atoms with Gasteiger partial charge in [0.25, 0.3) is 0 Å². The normalized spacial score (nSPS) is 16.3. The van der Waals surface area contributed by atoms with Gasteiger partial charge in [-0.25, -0.2) is 0 Å². The Labute approximate surface area is 111 Å². The maximum absolute atomic E-state index is 3.46. The van der Waals surface area contributed by atoms with Gasteiger partial charge in [-0.1, -0.05) is 18.2 Å². The van der Waals surface area contributed by atoms with Gasteiger partial charge in [0.2, 0.25) is 0 Å². The van der Waals surface area contributed by atoms with Crippen molar-refractivity contribution in [3.63, 3.8) is 0 Å². The summed E-state index contributed by atoms with van der Waals surface area (Å²) >= 11 is 0. The monoisotopic (exact) mass is 246 g/mol. The molecule has 1 aromatic carbocycles. The second-order valence-corrected chi connectivity index (χ2v) is 5.32. The molecule has 0 spiro atoms. The van der Waals surface area contributed by atoms with Crippen molar-refractivity contribution >= 4 is 0 Å². The lowest BCUT2D eigenvalue weighted by Crippen LogP contribution is -2.19. The van der Waals surface area contributed by atoms with Crippen LogP contribution >= 0.6 is 0 Å². The third kappa shape index (κ3) is 3.33. The first-order valence-corrected chi connectivity index (χ1v) is 7.28. The van der Waals surface area contributed by atoms with Gasteiger partial charge in [-0.15, -0.1) is 0 Å². The largest absolute Gasteiger partial charge is 0.320 e. The third-order valence-corrected chi connectivity index (χ3v) is 4.04. The van der Waals surface area contributed by atoms with Crippen LogP contribution in [0.3, 0.4) is 0 Å². The van der Waals surface area contributed by atoms with Crippen LogP contribution in [0, 0.1) is 0 Å². The summed E-state index contributed by atoms with van der Waals surface area (Å²) in [6.07, 6.45) is 7.70. The van der Waals surface area contributed by atoms with E-state index in [1.54, 1.807) is 11.1 Å². The fraction of sp³-hybridized carbons (Fsp3) is 0.625. The minimum absolute atomic E-state index is 0.505. The van der Waals surface area contributed by atoms with Crippen LogP contribution in [0.4, 0.5) is 0 Å². The molecule has 2 heteroatoms. The Morgan fingerprint density at radius 3 is 2.61 bits per heavy atom. The summed E-state index contributed by atoms with van der Waals surface area (Å²) in [5, 5.41) is 6.68. The number of benzene rings is 1. The van der Waals surface area contributed by atoms with E-state index in [4.69, 9.17) is 0 Å². The van der Waals surface area contributed by atoms with E-state index < -0.39 is 0 Å². The minimum atomic E-state index is 0.505. The molecule has 1 aliphatic rings. The fourth-order valence-electron chi connectivity index (χ4n) is 2.93. The molecule has 1 aliphatic carbocycles. The first-order valence-electron chi connectivity index (χ1n) is 7.28. The maximum Gasteiger partial charge on any atom is 0.0318 e. The number of aryl methyl sites for hydroxylation is 2. The molecule has 1 unspecified atom stereocenters. The van der Waals surface area contributed by atoms with Gasteiger partial charge < -0.3 is 10.6 Å². The van der Waals surface area contributed by atoms with Crippen LogP contribution in [-0.2, 0) is 12.8 Å². The number of nitrogens with one attached hydrogen (secondary N) is 2. The number of rotatable bonds is 6. The fourth-order valence-corrected chi connectivity index (χ4v) is 2.93. The van der Waals surface area contributed by atoms with Crippen molar-refractivity contribution in [3.8, 4) is 0 Å². The summed E-state index contributed by atoms with van der Waals surface area (Å²) in [4.78, 5) is 0. The van der Waals surface area contributed by atoms with Gasteiger partial charge in [0.15, 0.2) is 0 Å². The van der Waals surface area contributed by atoms with Gasteiger partial charge in [-0.3, -0.25) is 0 Å². The van der Waals surface area contributed by atoms with E-state index >= 15 is 0 Å². The van der Waals surface area contributed by atoms with E-state index in [2.05, 4.69) is 35.9 Å². The highest BCUT2D eigenvalue weighted by molar-refractivity contribution is 5.35. The molecule has 100 valence electrons. The quantitative estimate of drug-likeness (QED) is 0.754. The van der Waals surface area contributed by atoms with Crippen molar-refractivity contribution in [2.24, 2.45) is 0 Å². The predicted molar refractivity (Wildman–Crippen MR) is 78.0 cm³/mol. The third-order valence-electron chi connectivity index (χ3n) is 4.04. The molecule has 0 aliphatic heterocycles. The number of hydrogen-bond donors (Lipinski definition) is 2. The molecule has 1 aromatic rings. The van der Waals surface area contributed by atoms with Crippen molar-refractivity contribution in [2.75, 3.05) is 20.6 Å². The van der Waals surface area contributed by atoms with E-state index in [1.807, 2.05) is 7.05 Å². The average molecular weight is 246 g/mol. The van der Waals surface area contributed by atoms with Crippen LogP contribution in [-0.4, -0.2) is 20.6 Å². The lowest BCUT2D eigenvalue weighted by Gasteiger charge is -2.21. The minimum Gasteiger partial charge on any atom is -0.320 e. The molecule has 0 aromatic heterocycles. The molecule has 0 bridgehead atoms. The van der Waals surface area contributed by atoms with Crippen molar-refractivity contribution in [3.05, 3.63) is 34.9 Å². The van der Waals surface area contributed by atoms with Gasteiger partial charge in [0, 0.05) is 6.04 Å². The average Bonchev–Trinajstić information content (AvgIpc) is 2.43. The summed E-state index contributed by atoms with van der Waals surface area (Å²) in [6, 6.07) is 7.62. The van der Waals surface area contributed by atoms with Crippen molar-refractivity contribution < 1.29 is 0 Å². The van der Waals surface area contributed by atoms with Crippen molar-refractivity contribution in [1.29, 1.82) is 0 Å². The van der Waals surface area contributed by atoms with Crippen molar-refractivity contribution in [1.82, 2.24) is 10.6 Å². The smallest absolute Gasteiger partial charge is 0.0318 e. The highest BCUT2D eigenvalue weighted by Crippen LogP contribution is 2.26. The molecule has 0 amide bonds. The van der Waals surface area contributed by atoms with Crippen LogP contribution in [0.1, 0.15) is 48.4 Å². The molecule has 2 N–H and O–H groups in total. The summed E-state index contributed by atoms with van der Waals surface area (Å²) in [6.45, 7) is 1.10. The molecular formula is C16H26N2. The van der Waals surface area contributed by atoms with Gasteiger partial charge in [0.05, 0.1) is 0 Å². The Balaban J connectivity index is 2.05. The topological polar surface area (TPSA) is 24.1 Å². The zero-order valence-electron chi connectivity index (χ0n) is 11.8. The van der Waals surface area contributed by atoms with Crippen LogP contribution < -0.4 is 10.6 Å². The Hall–Kier alpha value is -0.860. The molecule has 2 rings (SSSR count). The summed E-state index contributed by atoms with van der Waals surface area (Å²) < 4.78 is 0. The Kier molecular flexibility index (Phi) is 5.21. The molecule has 0 saturated carbocycles. The van der Waals surface area contributed by atoms with E-state index in [1.165, 1.54) is 44.1 Å². The molecule has 0 radical (unpaired) electrons. The SMILES string of the molecule is CNCCCC(NC)c1ccc2c(c1)CCCC2. The van der Waals surface area contributed by atoms with Crippen LogP contribution in [0.25, 0.3) is 0 Å². The van der Waals surface area contributed by atoms with Crippen molar-refractivity contribution in [2.45, 2.75) is 44.6 Å². The Morgan fingerprint density at radius 1 is 1.11 bits per heavy atom. The maximum atomic E-state index is 3.46. The zero-order valence-corrected chi connectivity index (χ0v) is 11.8. The van der Waals surface area contributed by atoms with E-state index in [9.17, 15) is 0 Å². The number of hydrogen-bond acceptors (Lipinski definition) is 2. The second kappa shape index (κ2) is 6.91. The van der Waals surface area contributed by atoms with E-state index in [0.717, 1.165) is 6.54 Å². The van der Waals surface area contributed by atoms with Gasteiger partial charge >= 0.3 is 0 Å². The molecule has 0 saturated heterocycles. The zero-order chi connectivity index (χ0) is 12.8. The molecular weight excluding hydrogens is 220 g/mol. The highest BCUT2D eigenvalue weighted by atomic mass is 14.9. The van der Waals surface area contributed by atoms with E-state index in [0.29, 0.717) is 6.04 Å². The lowest BCUT2D eigenvalue weighted by atomic mass is 9.88. The van der Waals surface area contributed by atoms with Crippen LogP contribution in [0.15, 0.2) is 18.2 Å². The second-order valence-electron chi connectivity index (χ2n) is 5.32. The van der Waals surface area contributed by atoms with Crippen LogP contribution in [0.5, 0.6) is 0 Å². The van der Waals surface area contributed by atoms with E-state index in [-0.39, 0.29) is 0 Å². The van der Waals surface area contributed by atoms with Gasteiger partial charge in [0.1, 0.15) is 0 Å². The Bertz CT molecular complexity index is 373. The molecule has 1 atom stereocenters. The summed E-state index contributed by atoms with van der Waals surface area (Å²) in [7, 11) is 4.09. The standard InChI is InChI=1S/C16H26N2/c1-17-11-5-8-16(18-2)15-10-9-13-6-3-4-7-14(13)12-15/h9-10,12,16-18H,3-8,11H2,1-2H3. The van der Waals surface area contributed by atoms with Gasteiger partial charge in [-0.2, -0.15) is 0 Å². The first-order chi connectivity index (χ1) is 8.85. The molecule has 2 nitrogen and oxygen atoms in total. The highest BCUT2D eigenvalue weighted by Gasteiger charge is 2.13. The molecule has 18 heavy (non-hydrogen) atoms. The summed E-state index contributed by atoms with van der Waals surface area (Å²) in [5.74, 6) is 0. The molecule has 0 heterocycles. The predicted octanol–water partition coefficient (Wildman–Crippen LogP) is 2.83. The Morgan fingerprint density at radius 2 is 1.89 bits per heavy atom. The number of fused-ring (bicyclic) bond motifs is 1. The first kappa shape index (κ1) is 13.6. The van der Waals surface area contributed by atoms with Crippen LogP contribution in [0.2, 0.25) is 0 Å². The molecule has 0 fully saturated rings.